The SMILES string of the molecule is C=C(C)CC12C=CC(C1)c1c2c(O)n(-c2ccc(S(=O)(=O)c3ccc(-n4c(O)c5c(c4O)C4(CC(=C)C)C=CC5C4)cc3)cc2)c1O. The molecule has 240 valence electrons. The van der Waals surface area contributed by atoms with Gasteiger partial charge in [0.25, 0.3) is 0 Å². The second-order valence-electron chi connectivity index (χ2n) is 14.0. The maximum absolute atomic E-state index is 13.7. The topological polar surface area (TPSA) is 125 Å². The number of aromatic nitrogens is 2. The number of benzene rings is 2. The number of allylic oxidation sites excluding steroid dienone is 6. The summed E-state index contributed by atoms with van der Waals surface area (Å²) in [5.41, 5.74) is 4.87. The molecule has 0 radical (unpaired) electrons. The van der Waals surface area contributed by atoms with Crippen LogP contribution in [0.5, 0.6) is 23.5 Å². The van der Waals surface area contributed by atoms with Crippen molar-refractivity contribution in [1.29, 1.82) is 0 Å². The molecule has 0 spiro atoms. The van der Waals surface area contributed by atoms with Crippen molar-refractivity contribution in [2.75, 3.05) is 0 Å². The average molecular weight is 649 g/mol. The first kappa shape index (κ1) is 29.5. The first-order valence-electron chi connectivity index (χ1n) is 15.8. The van der Waals surface area contributed by atoms with E-state index in [4.69, 9.17) is 0 Å². The van der Waals surface area contributed by atoms with Crippen LogP contribution in [0.4, 0.5) is 0 Å². The predicted octanol–water partition coefficient (Wildman–Crippen LogP) is 7.45. The Morgan fingerprint density at radius 1 is 0.681 bits per heavy atom. The largest absolute Gasteiger partial charge is 0.494 e. The lowest BCUT2D eigenvalue weighted by atomic mass is 9.78. The van der Waals surface area contributed by atoms with Crippen molar-refractivity contribution in [3.8, 4) is 34.9 Å². The fraction of sp³-hybridized carbons (Fsp3) is 0.263. The van der Waals surface area contributed by atoms with E-state index in [1.165, 1.54) is 33.4 Å². The second-order valence-corrected chi connectivity index (χ2v) is 15.9. The summed E-state index contributed by atoms with van der Waals surface area (Å²) in [5, 5.41) is 45.2. The van der Waals surface area contributed by atoms with E-state index in [0.717, 1.165) is 24.0 Å². The molecule has 0 fully saturated rings. The summed E-state index contributed by atoms with van der Waals surface area (Å²) >= 11 is 0. The van der Waals surface area contributed by atoms with Gasteiger partial charge in [0.15, 0.2) is 0 Å². The minimum atomic E-state index is -3.94. The fourth-order valence-electron chi connectivity index (χ4n) is 8.93. The smallest absolute Gasteiger partial charge is 0.206 e. The minimum absolute atomic E-state index is 0.000223. The molecule has 4 aliphatic rings. The number of fused-ring (bicyclic) bond motifs is 10. The zero-order valence-electron chi connectivity index (χ0n) is 26.2. The summed E-state index contributed by atoms with van der Waals surface area (Å²) < 4.78 is 30.1. The third kappa shape index (κ3) is 3.89. The number of aromatic hydroxyl groups is 4. The first-order valence-corrected chi connectivity index (χ1v) is 17.2. The van der Waals surface area contributed by atoms with Gasteiger partial charge in [0.05, 0.1) is 21.2 Å². The standard InChI is InChI=1S/C38H36N2O6S/c1-21(2)17-37-15-13-23(19-37)29-31(37)35(43)39(33(29)41)25-5-9-27(10-6-25)47(45,46)28-11-7-26(8-12-28)40-34(42)30-24-14-16-38(20-24,18-22(3)4)32(30)36(40)44/h5-16,23-24,41-44H,1,3,17-20H2,2,4H3. The molecular weight excluding hydrogens is 612 g/mol. The number of hydrogen-bond acceptors (Lipinski definition) is 6. The molecule has 8 rings (SSSR count). The van der Waals surface area contributed by atoms with Crippen LogP contribution in [0.25, 0.3) is 11.4 Å². The van der Waals surface area contributed by atoms with Crippen LogP contribution in [0.3, 0.4) is 0 Å². The van der Waals surface area contributed by atoms with Gasteiger partial charge in [-0.25, -0.2) is 8.42 Å². The van der Waals surface area contributed by atoms with Crippen molar-refractivity contribution in [3.05, 3.63) is 119 Å². The Hall–Kier alpha value is -4.89. The van der Waals surface area contributed by atoms with Gasteiger partial charge in [-0.3, -0.25) is 9.13 Å². The van der Waals surface area contributed by atoms with Crippen LogP contribution >= 0.6 is 0 Å². The summed E-state index contributed by atoms with van der Waals surface area (Å²) in [6.07, 6.45) is 11.2. The minimum Gasteiger partial charge on any atom is -0.494 e. The van der Waals surface area contributed by atoms with Crippen molar-refractivity contribution in [2.45, 2.75) is 72.0 Å². The maximum Gasteiger partial charge on any atom is 0.206 e. The molecule has 2 heterocycles. The molecule has 4 unspecified atom stereocenters. The van der Waals surface area contributed by atoms with E-state index in [1.807, 2.05) is 13.8 Å². The van der Waals surface area contributed by atoms with Gasteiger partial charge < -0.3 is 20.4 Å². The van der Waals surface area contributed by atoms with Gasteiger partial charge in [0.2, 0.25) is 33.4 Å². The molecule has 4 N–H and O–H groups in total. The molecule has 47 heavy (non-hydrogen) atoms. The van der Waals surface area contributed by atoms with Gasteiger partial charge in [-0.15, -0.1) is 13.2 Å². The van der Waals surface area contributed by atoms with Crippen LogP contribution in [0.1, 0.15) is 73.6 Å². The van der Waals surface area contributed by atoms with E-state index >= 15 is 0 Å². The lowest BCUT2D eigenvalue weighted by Gasteiger charge is -2.25. The Morgan fingerprint density at radius 3 is 1.38 bits per heavy atom. The molecule has 9 heteroatoms. The summed E-state index contributed by atoms with van der Waals surface area (Å²) in [6, 6.07) is 12.1. The van der Waals surface area contributed by atoms with E-state index in [1.54, 1.807) is 24.3 Å². The zero-order valence-corrected chi connectivity index (χ0v) is 27.1. The summed E-state index contributed by atoms with van der Waals surface area (Å²) in [6.45, 7) is 12.0. The molecule has 0 saturated carbocycles. The van der Waals surface area contributed by atoms with Crippen LogP contribution in [0.15, 0.2) is 107 Å². The second kappa shape index (κ2) is 9.58. The van der Waals surface area contributed by atoms with E-state index in [2.05, 4.69) is 37.5 Å². The highest BCUT2D eigenvalue weighted by Crippen LogP contribution is 2.63. The van der Waals surface area contributed by atoms with Crippen LogP contribution < -0.4 is 0 Å². The molecule has 0 amide bonds. The molecule has 4 aliphatic carbocycles. The van der Waals surface area contributed by atoms with Crippen molar-refractivity contribution in [2.24, 2.45) is 0 Å². The summed E-state index contributed by atoms with van der Waals surface area (Å²) in [7, 11) is -3.94. The molecule has 0 aliphatic heterocycles. The highest BCUT2D eigenvalue weighted by Gasteiger charge is 2.52. The Labute approximate surface area is 273 Å². The number of sulfone groups is 1. The summed E-state index contributed by atoms with van der Waals surface area (Å²) in [4.78, 5) is 0.0892. The van der Waals surface area contributed by atoms with Crippen LogP contribution in [0.2, 0.25) is 0 Å². The Balaban J connectivity index is 1.09. The maximum atomic E-state index is 13.7. The molecule has 0 saturated heterocycles. The van der Waals surface area contributed by atoms with Gasteiger partial charge in [-0.1, -0.05) is 35.5 Å². The third-order valence-electron chi connectivity index (χ3n) is 10.6. The quantitative estimate of drug-likeness (QED) is 0.147. The third-order valence-corrected chi connectivity index (χ3v) is 12.3. The lowest BCUT2D eigenvalue weighted by molar-refractivity contribution is 0.385. The number of hydrogen-bond donors (Lipinski definition) is 4. The molecule has 4 aromatic rings. The van der Waals surface area contributed by atoms with Crippen molar-refractivity contribution < 1.29 is 28.8 Å². The molecule has 4 atom stereocenters. The normalized spacial score (nSPS) is 24.6. The van der Waals surface area contributed by atoms with Gasteiger partial charge in [0, 0.05) is 44.9 Å². The van der Waals surface area contributed by atoms with E-state index < -0.39 is 20.7 Å². The highest BCUT2D eigenvalue weighted by atomic mass is 32.2. The molecule has 4 bridgehead atoms. The number of nitrogens with zero attached hydrogens (tertiary/aromatic N) is 2. The van der Waals surface area contributed by atoms with Gasteiger partial charge in [0.1, 0.15) is 0 Å². The van der Waals surface area contributed by atoms with Crippen LogP contribution in [0, 0.1) is 0 Å². The van der Waals surface area contributed by atoms with E-state index in [0.29, 0.717) is 46.5 Å². The predicted molar refractivity (Wildman–Crippen MR) is 179 cm³/mol. The Kier molecular flexibility index (Phi) is 6.01. The van der Waals surface area contributed by atoms with Gasteiger partial charge in [-0.05, 0) is 88.1 Å². The molecular formula is C38H36N2O6S. The fourth-order valence-corrected chi connectivity index (χ4v) is 10.2. The molecule has 8 nitrogen and oxygen atoms in total. The Bertz CT molecular complexity index is 2070. The van der Waals surface area contributed by atoms with Crippen LogP contribution in [-0.2, 0) is 20.7 Å². The van der Waals surface area contributed by atoms with E-state index in [-0.39, 0.29) is 45.1 Å². The average Bonchev–Trinajstić information content (AvgIpc) is 3.84. The van der Waals surface area contributed by atoms with Gasteiger partial charge in [-0.2, -0.15) is 0 Å². The molecule has 2 aromatic heterocycles. The first-order chi connectivity index (χ1) is 22.3. The highest BCUT2D eigenvalue weighted by molar-refractivity contribution is 7.91. The van der Waals surface area contributed by atoms with Crippen molar-refractivity contribution in [1.82, 2.24) is 9.13 Å². The zero-order chi connectivity index (χ0) is 33.2. The van der Waals surface area contributed by atoms with Crippen molar-refractivity contribution >= 4 is 9.84 Å². The summed E-state index contributed by atoms with van der Waals surface area (Å²) in [5.74, 6) is -0.182. The monoisotopic (exact) mass is 648 g/mol. The van der Waals surface area contributed by atoms with Crippen molar-refractivity contribution in [3.63, 3.8) is 0 Å². The molecule has 2 aromatic carbocycles. The lowest BCUT2D eigenvalue weighted by Crippen LogP contribution is -2.18. The number of rotatable bonds is 8. The van der Waals surface area contributed by atoms with Gasteiger partial charge >= 0.3 is 0 Å². The van der Waals surface area contributed by atoms with E-state index in [9.17, 15) is 28.8 Å². The van der Waals surface area contributed by atoms with Crippen LogP contribution in [-0.4, -0.2) is 38.0 Å². The Morgan fingerprint density at radius 2 is 1.04 bits per heavy atom.